The third-order valence-electron chi connectivity index (χ3n) is 4.31. The van der Waals surface area contributed by atoms with Gasteiger partial charge in [-0.3, -0.25) is 14.4 Å². The fourth-order valence-electron chi connectivity index (χ4n) is 2.90. The van der Waals surface area contributed by atoms with E-state index in [0.717, 1.165) is 0 Å². The number of anilines is 2. The summed E-state index contributed by atoms with van der Waals surface area (Å²) in [5.41, 5.74) is 2.07. The Balaban J connectivity index is 2.43. The number of nitrogens with one attached hydrogen (secondary N) is 1. The van der Waals surface area contributed by atoms with Crippen molar-refractivity contribution in [3.05, 3.63) is 42.5 Å². The van der Waals surface area contributed by atoms with Crippen molar-refractivity contribution < 1.29 is 28.6 Å². The average molecular weight is 456 g/mol. The minimum Gasteiger partial charge on any atom is -0.494 e. The molecule has 10 nitrogen and oxygen atoms in total. The van der Waals surface area contributed by atoms with Crippen molar-refractivity contribution in [3.63, 3.8) is 0 Å². The summed E-state index contributed by atoms with van der Waals surface area (Å²) in [6, 6.07) is 12.5. The summed E-state index contributed by atoms with van der Waals surface area (Å²) >= 11 is 0. The Morgan fingerprint density at radius 3 is 2.03 bits per heavy atom. The van der Waals surface area contributed by atoms with Crippen LogP contribution in [0, 0.1) is 0 Å². The van der Waals surface area contributed by atoms with E-state index in [9.17, 15) is 14.4 Å². The summed E-state index contributed by atoms with van der Waals surface area (Å²) in [4.78, 5) is 36.0. The molecule has 0 aliphatic heterocycles. The first kappa shape index (κ1) is 25.3. The van der Waals surface area contributed by atoms with Crippen LogP contribution in [0.3, 0.4) is 0 Å². The standard InChI is InChI=1S/C23H28N4O6/c1-16(28)24-20-14-22(27(10-12-32-17(2)29)11-13-33-18(3)30)23(31-4)15-21(20)26-25-19-8-6-5-7-9-19/h5-9,14-15H,10-13H2,1-4H3,(H,24,28). The quantitative estimate of drug-likeness (QED) is 0.401. The van der Waals surface area contributed by atoms with Crippen LogP contribution >= 0.6 is 0 Å². The number of esters is 2. The van der Waals surface area contributed by atoms with Crippen LogP contribution in [0.25, 0.3) is 0 Å². The Hall–Kier alpha value is -3.95. The topological polar surface area (TPSA) is 119 Å². The second kappa shape index (κ2) is 12.8. The zero-order valence-corrected chi connectivity index (χ0v) is 19.2. The van der Waals surface area contributed by atoms with Gasteiger partial charge in [-0.25, -0.2) is 0 Å². The number of rotatable bonds is 11. The van der Waals surface area contributed by atoms with E-state index in [1.807, 2.05) is 23.1 Å². The molecule has 0 bridgehead atoms. The van der Waals surface area contributed by atoms with Crippen LogP contribution in [0.1, 0.15) is 20.8 Å². The molecule has 10 heteroatoms. The van der Waals surface area contributed by atoms with Gasteiger partial charge in [0.2, 0.25) is 5.91 Å². The zero-order valence-electron chi connectivity index (χ0n) is 19.2. The molecule has 0 heterocycles. The van der Waals surface area contributed by atoms with Crippen LogP contribution in [-0.2, 0) is 23.9 Å². The van der Waals surface area contributed by atoms with Gasteiger partial charge < -0.3 is 24.4 Å². The summed E-state index contributed by atoms with van der Waals surface area (Å²) < 4.78 is 15.7. The van der Waals surface area contributed by atoms with E-state index in [1.165, 1.54) is 27.9 Å². The Kier molecular flexibility index (Phi) is 9.81. The molecule has 2 aromatic carbocycles. The second-order valence-electron chi connectivity index (χ2n) is 6.93. The third kappa shape index (κ3) is 8.60. The van der Waals surface area contributed by atoms with Gasteiger partial charge >= 0.3 is 11.9 Å². The fourth-order valence-corrected chi connectivity index (χ4v) is 2.90. The van der Waals surface area contributed by atoms with E-state index in [1.54, 1.807) is 24.3 Å². The first-order chi connectivity index (χ1) is 15.8. The normalized spacial score (nSPS) is 10.5. The van der Waals surface area contributed by atoms with Crippen molar-refractivity contribution in [2.24, 2.45) is 10.2 Å². The monoisotopic (exact) mass is 456 g/mol. The summed E-state index contributed by atoms with van der Waals surface area (Å²) in [6.07, 6.45) is 0. The average Bonchev–Trinajstić information content (AvgIpc) is 2.77. The SMILES string of the molecule is COc1cc(N=Nc2ccccc2)c(NC(C)=O)cc1N(CCOC(C)=O)CCOC(C)=O. The molecule has 2 aromatic rings. The number of ether oxygens (including phenoxy) is 3. The summed E-state index contributed by atoms with van der Waals surface area (Å²) in [6.45, 7) is 4.88. The lowest BCUT2D eigenvalue weighted by Crippen LogP contribution is -2.32. The maximum atomic E-state index is 11.8. The van der Waals surface area contributed by atoms with Gasteiger partial charge in [-0.2, -0.15) is 5.11 Å². The van der Waals surface area contributed by atoms with Crippen LogP contribution in [0.2, 0.25) is 0 Å². The molecule has 176 valence electrons. The highest BCUT2D eigenvalue weighted by Crippen LogP contribution is 2.39. The Morgan fingerprint density at radius 1 is 0.909 bits per heavy atom. The smallest absolute Gasteiger partial charge is 0.302 e. The minimum atomic E-state index is -0.405. The van der Waals surface area contributed by atoms with E-state index in [-0.39, 0.29) is 19.1 Å². The molecular weight excluding hydrogens is 428 g/mol. The number of hydrogen-bond donors (Lipinski definition) is 1. The number of benzene rings is 2. The molecule has 0 aliphatic rings. The highest BCUT2D eigenvalue weighted by atomic mass is 16.5. The lowest BCUT2D eigenvalue weighted by Gasteiger charge is -2.27. The maximum Gasteiger partial charge on any atom is 0.302 e. The van der Waals surface area contributed by atoms with Crippen LogP contribution in [0.4, 0.5) is 22.7 Å². The molecule has 0 atom stereocenters. The summed E-state index contributed by atoms with van der Waals surface area (Å²) in [7, 11) is 1.51. The van der Waals surface area contributed by atoms with Crippen LogP contribution in [0.5, 0.6) is 5.75 Å². The molecule has 33 heavy (non-hydrogen) atoms. The van der Waals surface area contributed by atoms with Crippen molar-refractivity contribution in [1.29, 1.82) is 0 Å². The number of azo groups is 1. The number of carbonyl (C=O) groups excluding carboxylic acids is 3. The van der Waals surface area contributed by atoms with Gasteiger partial charge in [-0.15, -0.1) is 5.11 Å². The van der Waals surface area contributed by atoms with Crippen LogP contribution in [-0.4, -0.2) is 51.3 Å². The fraction of sp³-hybridized carbons (Fsp3) is 0.348. The first-order valence-electron chi connectivity index (χ1n) is 10.3. The molecule has 0 saturated carbocycles. The van der Waals surface area contributed by atoms with E-state index in [2.05, 4.69) is 15.5 Å². The molecule has 0 aliphatic carbocycles. The van der Waals surface area contributed by atoms with Crippen molar-refractivity contribution >= 4 is 40.6 Å². The molecule has 1 amide bonds. The first-order valence-corrected chi connectivity index (χ1v) is 10.3. The predicted octanol–water partition coefficient (Wildman–Crippen LogP) is 4.00. The van der Waals surface area contributed by atoms with Crippen molar-refractivity contribution in [2.75, 3.05) is 43.6 Å². The van der Waals surface area contributed by atoms with Gasteiger partial charge in [0.1, 0.15) is 24.7 Å². The molecular formula is C23H28N4O6. The predicted molar refractivity (Wildman–Crippen MR) is 123 cm³/mol. The van der Waals surface area contributed by atoms with E-state index in [0.29, 0.717) is 41.6 Å². The number of carbonyl (C=O) groups is 3. The molecule has 0 fully saturated rings. The largest absolute Gasteiger partial charge is 0.494 e. The molecule has 0 spiro atoms. The number of nitrogens with zero attached hydrogens (tertiary/aromatic N) is 3. The lowest BCUT2D eigenvalue weighted by atomic mass is 10.2. The zero-order chi connectivity index (χ0) is 24.2. The van der Waals surface area contributed by atoms with Gasteiger partial charge in [-0.1, -0.05) is 18.2 Å². The van der Waals surface area contributed by atoms with Crippen molar-refractivity contribution in [2.45, 2.75) is 20.8 Å². The Bertz CT molecular complexity index is 974. The molecule has 1 N–H and O–H groups in total. The third-order valence-corrected chi connectivity index (χ3v) is 4.31. The number of amides is 1. The van der Waals surface area contributed by atoms with Gasteiger partial charge in [0.15, 0.2) is 0 Å². The van der Waals surface area contributed by atoms with Crippen molar-refractivity contribution in [1.82, 2.24) is 0 Å². The van der Waals surface area contributed by atoms with Gasteiger partial charge in [0, 0.05) is 26.8 Å². The Morgan fingerprint density at radius 2 is 1.52 bits per heavy atom. The van der Waals surface area contributed by atoms with Gasteiger partial charge in [0.25, 0.3) is 0 Å². The van der Waals surface area contributed by atoms with Crippen LogP contribution < -0.4 is 15.0 Å². The molecule has 0 aromatic heterocycles. The van der Waals surface area contributed by atoms with Crippen LogP contribution in [0.15, 0.2) is 52.7 Å². The minimum absolute atomic E-state index is 0.115. The van der Waals surface area contributed by atoms with Gasteiger partial charge in [-0.05, 0) is 18.2 Å². The van der Waals surface area contributed by atoms with E-state index >= 15 is 0 Å². The van der Waals surface area contributed by atoms with E-state index < -0.39 is 11.9 Å². The summed E-state index contributed by atoms with van der Waals surface area (Å²) in [5.74, 6) is -0.638. The van der Waals surface area contributed by atoms with Gasteiger partial charge in [0.05, 0.1) is 37.3 Å². The highest BCUT2D eigenvalue weighted by Gasteiger charge is 2.18. The number of hydrogen-bond acceptors (Lipinski definition) is 9. The molecule has 0 saturated heterocycles. The summed E-state index contributed by atoms with van der Waals surface area (Å²) in [5, 5.41) is 11.3. The molecule has 0 radical (unpaired) electrons. The Labute approximate surface area is 192 Å². The van der Waals surface area contributed by atoms with Crippen molar-refractivity contribution in [3.8, 4) is 5.75 Å². The second-order valence-corrected chi connectivity index (χ2v) is 6.93. The number of methoxy groups -OCH3 is 1. The molecule has 2 rings (SSSR count). The lowest BCUT2D eigenvalue weighted by molar-refractivity contribution is -0.141. The maximum absolute atomic E-state index is 11.8. The van der Waals surface area contributed by atoms with E-state index in [4.69, 9.17) is 14.2 Å². The molecule has 0 unspecified atom stereocenters. The highest BCUT2D eigenvalue weighted by molar-refractivity contribution is 5.93.